The monoisotopic (exact) mass is 871 g/mol. The first-order chi connectivity index (χ1) is 31.3. The van der Waals surface area contributed by atoms with Crippen LogP contribution in [-0.2, 0) is 29.1 Å². The fourth-order valence-electron chi connectivity index (χ4n) is 13.9. The maximum absolute atomic E-state index is 3.03. The van der Waals surface area contributed by atoms with Crippen LogP contribution in [0.25, 0.3) is 42.4 Å². The van der Waals surface area contributed by atoms with Gasteiger partial charge >= 0.3 is 6.85 Å². The molecule has 2 unspecified atom stereocenters. The molecule has 2 aliphatic carbocycles. The Kier molecular flexibility index (Phi) is 9.35. The summed E-state index contributed by atoms with van der Waals surface area (Å²) in [6.45, 7) is 22.4. The van der Waals surface area contributed by atoms with Gasteiger partial charge in [-0.25, -0.2) is 0 Å². The van der Waals surface area contributed by atoms with Gasteiger partial charge in [-0.05, 0) is 168 Å². The Morgan fingerprint density at radius 2 is 1.31 bits per heavy atom. The predicted octanol–water partition coefficient (Wildman–Crippen LogP) is 16.0. The Labute approximate surface area is 393 Å². The number of benzene rings is 6. The molecular formula is C61H67BN2S. The van der Waals surface area contributed by atoms with E-state index >= 15 is 0 Å². The average molecular weight is 871 g/mol. The van der Waals surface area contributed by atoms with Gasteiger partial charge < -0.3 is 9.71 Å². The molecule has 2 atom stereocenters. The van der Waals surface area contributed by atoms with Crippen molar-refractivity contribution in [2.75, 3.05) is 9.71 Å². The number of anilines is 4. The summed E-state index contributed by atoms with van der Waals surface area (Å²) in [4.78, 5) is 5.81. The van der Waals surface area contributed by atoms with Gasteiger partial charge in [0.05, 0.1) is 16.1 Å². The zero-order valence-corrected chi connectivity index (χ0v) is 41.4. The number of hydrogen-bond donors (Lipinski definition) is 0. The number of aryl methyl sites for hydroxylation is 3. The second-order valence-corrected chi connectivity index (χ2v) is 23.8. The second-order valence-electron chi connectivity index (χ2n) is 22.8. The van der Waals surface area contributed by atoms with E-state index in [1.54, 1.807) is 16.7 Å². The van der Waals surface area contributed by atoms with Crippen LogP contribution < -0.4 is 20.6 Å². The smallest absolute Gasteiger partial charge is 0.328 e. The van der Waals surface area contributed by atoms with Crippen molar-refractivity contribution in [1.29, 1.82) is 0 Å². The van der Waals surface area contributed by atoms with Crippen molar-refractivity contribution in [1.82, 2.24) is 0 Å². The van der Waals surface area contributed by atoms with Crippen molar-refractivity contribution in [2.45, 2.75) is 161 Å². The Morgan fingerprint density at radius 3 is 2.06 bits per heavy atom. The van der Waals surface area contributed by atoms with Crippen LogP contribution >= 0.6 is 11.3 Å². The third-order valence-corrected chi connectivity index (χ3v) is 19.0. The molecule has 0 radical (unpaired) electrons. The molecule has 0 saturated heterocycles. The summed E-state index contributed by atoms with van der Waals surface area (Å²) in [7, 11) is 0. The van der Waals surface area contributed by atoms with Gasteiger partial charge in [0.1, 0.15) is 0 Å². The van der Waals surface area contributed by atoms with Crippen molar-refractivity contribution < 1.29 is 0 Å². The van der Waals surface area contributed by atoms with Crippen LogP contribution in [0.2, 0.25) is 0 Å². The van der Waals surface area contributed by atoms with Crippen LogP contribution in [0.4, 0.5) is 22.7 Å². The molecule has 0 N–H and O–H groups in total. The molecule has 0 amide bonds. The van der Waals surface area contributed by atoms with Gasteiger partial charge in [-0.2, -0.15) is 0 Å². The first-order valence-corrected chi connectivity index (χ1v) is 26.2. The molecule has 1 aromatic heterocycles. The number of rotatable bonds is 8. The Hall–Kier alpha value is -4.80. The highest BCUT2D eigenvalue weighted by atomic mass is 32.1. The van der Waals surface area contributed by atoms with Crippen molar-refractivity contribution in [3.8, 4) is 22.3 Å². The zero-order valence-electron chi connectivity index (χ0n) is 40.6. The predicted molar refractivity (Wildman–Crippen MR) is 284 cm³/mol. The van der Waals surface area contributed by atoms with Gasteiger partial charge in [0.2, 0.25) is 0 Å². The van der Waals surface area contributed by atoms with E-state index in [4.69, 9.17) is 0 Å². The quantitative estimate of drug-likeness (QED) is 0.140. The second kappa shape index (κ2) is 14.6. The van der Waals surface area contributed by atoms with Crippen LogP contribution in [0.5, 0.6) is 0 Å². The van der Waals surface area contributed by atoms with Gasteiger partial charge in [0, 0.05) is 48.9 Å². The van der Waals surface area contributed by atoms with E-state index in [-0.39, 0.29) is 28.6 Å². The molecule has 12 rings (SSSR count). The number of nitrogens with zero attached hydrogens (tertiary/aromatic N) is 2. The highest BCUT2D eigenvalue weighted by molar-refractivity contribution is 7.26. The summed E-state index contributed by atoms with van der Waals surface area (Å²) in [6.07, 6.45) is 14.6. The Morgan fingerprint density at radius 1 is 0.600 bits per heavy atom. The first kappa shape index (κ1) is 41.6. The van der Waals surface area contributed by atoms with Crippen molar-refractivity contribution in [3.63, 3.8) is 0 Å². The molecule has 1 fully saturated rings. The van der Waals surface area contributed by atoms with E-state index in [9.17, 15) is 0 Å². The highest BCUT2D eigenvalue weighted by Gasteiger charge is 2.63. The standard InChI is InChI=1S/C61H67BN2S/c1-10-12-19-39-23-26-51(43(33-39)41-21-15-14-16-22-41)63-52-32-38(3)31-45-46-34-40(20-13-11-2)35-49-55(46)64(61(9)28-18-17-27-60(49,61)8)62(54(45)52)50-25-24-42-44-36-47-48(37-53(44)65-57(42)56(50)63)59(6,7)30-29-58(47,4)5/h14-16,21-26,31-37H,10-13,17-20,27-30H2,1-9H3. The van der Waals surface area contributed by atoms with Gasteiger partial charge in [-0.3, -0.25) is 0 Å². The zero-order chi connectivity index (χ0) is 44.8. The molecular weight excluding hydrogens is 804 g/mol. The van der Waals surface area contributed by atoms with Crippen LogP contribution in [0, 0.1) is 6.92 Å². The lowest BCUT2D eigenvalue weighted by Crippen LogP contribution is -2.70. The number of hydrogen-bond acceptors (Lipinski definition) is 3. The van der Waals surface area contributed by atoms with E-state index in [1.165, 1.54) is 157 Å². The molecule has 0 bridgehead atoms. The molecule has 5 aliphatic rings. The summed E-state index contributed by atoms with van der Waals surface area (Å²) in [6, 6.07) is 39.6. The minimum absolute atomic E-state index is 0.0167. The molecule has 0 spiro atoms. The van der Waals surface area contributed by atoms with E-state index in [0.29, 0.717) is 0 Å². The molecule has 4 heterocycles. The summed E-state index contributed by atoms with van der Waals surface area (Å²) < 4.78 is 2.85. The van der Waals surface area contributed by atoms with Gasteiger partial charge in [-0.1, -0.05) is 135 Å². The Balaban J connectivity index is 1.21. The topological polar surface area (TPSA) is 6.48 Å². The molecule has 2 nitrogen and oxygen atoms in total. The SMILES string of the molecule is CCCCc1ccc(N2c3cc(C)cc4c3B(c3ccc5c(sc6cc7c(cc65)C(C)(C)CCC7(C)C)c32)N2c3c-4cc(CCCC)cc3C3(C)CCCCC23C)c(-c2ccccc2)c1. The third-order valence-electron chi connectivity index (χ3n) is 17.8. The summed E-state index contributed by atoms with van der Waals surface area (Å²) in [5.41, 5.74) is 23.4. The first-order valence-electron chi connectivity index (χ1n) is 25.4. The number of fused-ring (bicyclic) bond motifs is 12. The third kappa shape index (κ3) is 5.84. The maximum Gasteiger partial charge on any atom is 0.328 e. The van der Waals surface area contributed by atoms with Crippen molar-refractivity contribution in [3.05, 3.63) is 130 Å². The van der Waals surface area contributed by atoms with Gasteiger partial charge in [-0.15, -0.1) is 11.3 Å². The molecule has 330 valence electrons. The van der Waals surface area contributed by atoms with Crippen LogP contribution in [0.3, 0.4) is 0 Å². The lowest BCUT2D eigenvalue weighted by atomic mass is 9.42. The molecule has 3 aliphatic heterocycles. The lowest BCUT2D eigenvalue weighted by molar-refractivity contribution is 0.199. The lowest BCUT2D eigenvalue weighted by Gasteiger charge is -2.55. The van der Waals surface area contributed by atoms with Crippen LogP contribution in [-0.4, -0.2) is 12.4 Å². The van der Waals surface area contributed by atoms with Gasteiger partial charge in [0.15, 0.2) is 0 Å². The summed E-state index contributed by atoms with van der Waals surface area (Å²) in [5.74, 6) is 0. The van der Waals surface area contributed by atoms with Crippen LogP contribution in [0.1, 0.15) is 153 Å². The number of unbranched alkanes of at least 4 members (excludes halogenated alkanes) is 2. The molecule has 1 saturated carbocycles. The minimum Gasteiger partial charge on any atom is -0.400 e. The van der Waals surface area contributed by atoms with Crippen molar-refractivity contribution >= 4 is 72.0 Å². The molecule has 4 heteroatoms. The molecule has 65 heavy (non-hydrogen) atoms. The molecule has 6 aromatic carbocycles. The summed E-state index contributed by atoms with van der Waals surface area (Å²) >= 11 is 2.06. The largest absolute Gasteiger partial charge is 0.400 e. The van der Waals surface area contributed by atoms with E-state index in [1.807, 2.05) is 0 Å². The fraction of sp³-hybridized carbons (Fsp3) is 0.410. The van der Waals surface area contributed by atoms with Crippen molar-refractivity contribution in [2.24, 2.45) is 0 Å². The number of thiophene rings is 1. The highest BCUT2D eigenvalue weighted by Crippen LogP contribution is 2.64. The van der Waals surface area contributed by atoms with Gasteiger partial charge in [0.25, 0.3) is 0 Å². The maximum atomic E-state index is 3.03. The fourth-order valence-corrected chi connectivity index (χ4v) is 15.1. The van der Waals surface area contributed by atoms with E-state index in [2.05, 4.69) is 180 Å². The Bertz CT molecular complexity index is 3100. The average Bonchev–Trinajstić information content (AvgIpc) is 3.77. The molecule has 7 aromatic rings. The van der Waals surface area contributed by atoms with E-state index in [0.717, 1.165) is 12.8 Å². The van der Waals surface area contributed by atoms with Crippen LogP contribution in [0.15, 0.2) is 97.1 Å². The summed E-state index contributed by atoms with van der Waals surface area (Å²) in [5, 5.41) is 2.83. The van der Waals surface area contributed by atoms with E-state index < -0.39 is 0 Å². The minimum atomic E-state index is -0.0167. The normalized spacial score (nSPS) is 21.9.